The van der Waals surface area contributed by atoms with Gasteiger partial charge >= 0.3 is 0 Å². The molecule has 2 bridgehead atoms. The molecular weight excluding hydrogens is 392 g/mol. The minimum absolute atomic E-state index is 0.0395. The Morgan fingerprint density at radius 1 is 1.17 bits per heavy atom. The first-order valence-corrected chi connectivity index (χ1v) is 11.9. The third-order valence-corrected chi connectivity index (χ3v) is 9.79. The maximum Gasteiger partial charge on any atom is 0.269 e. The van der Waals surface area contributed by atoms with Crippen LogP contribution in [0.2, 0.25) is 0 Å². The molecule has 29 heavy (non-hydrogen) atoms. The highest BCUT2D eigenvalue weighted by Crippen LogP contribution is 2.64. The van der Waals surface area contributed by atoms with Crippen LogP contribution in [0.4, 0.5) is 0 Å². The fourth-order valence-electron chi connectivity index (χ4n) is 6.19. The molecule has 2 fully saturated rings. The number of hydrogen-bond donors (Lipinski definition) is 0. The van der Waals surface area contributed by atoms with Crippen molar-refractivity contribution in [3.8, 4) is 0 Å². The molecule has 4 rings (SSSR count). The van der Waals surface area contributed by atoms with Crippen molar-refractivity contribution >= 4 is 21.7 Å². The van der Waals surface area contributed by atoms with Gasteiger partial charge in [-0.3, -0.25) is 13.8 Å². The molecular formula is C22H30O6S. The molecule has 0 aliphatic heterocycles. The molecule has 0 N–H and O–H groups in total. The van der Waals surface area contributed by atoms with Crippen LogP contribution in [0.25, 0.3) is 0 Å². The summed E-state index contributed by atoms with van der Waals surface area (Å²) >= 11 is 0. The number of methoxy groups -OCH3 is 1. The zero-order valence-electron chi connectivity index (χ0n) is 17.6. The predicted octanol–water partition coefficient (Wildman–Crippen LogP) is 3.18. The van der Waals surface area contributed by atoms with Crippen LogP contribution in [0.5, 0.6) is 0 Å². The molecule has 5 atom stereocenters. The Labute approximate surface area is 172 Å². The van der Waals surface area contributed by atoms with Gasteiger partial charge in [-0.2, -0.15) is 8.42 Å². The lowest BCUT2D eigenvalue weighted by Crippen LogP contribution is -2.50. The molecule has 0 heterocycles. The minimum atomic E-state index is -4.03. The van der Waals surface area contributed by atoms with E-state index in [2.05, 4.69) is 0 Å². The molecule has 0 aromatic heterocycles. The average molecular weight is 423 g/mol. The third-order valence-electron chi connectivity index (χ3n) is 8.45. The number of Topliss-reactive ketones (excluding diaryl/α,β-unsaturated/α-hetero) is 1. The monoisotopic (exact) mass is 422 g/mol. The summed E-state index contributed by atoms with van der Waals surface area (Å²) in [6, 6.07) is 0. The maximum absolute atomic E-state index is 13.2. The van der Waals surface area contributed by atoms with E-state index in [0.29, 0.717) is 25.7 Å². The first-order valence-electron chi connectivity index (χ1n) is 10.4. The first kappa shape index (κ1) is 20.8. The molecule has 0 aromatic carbocycles. The molecule has 4 aliphatic carbocycles. The fourth-order valence-corrected chi connectivity index (χ4v) is 8.08. The summed E-state index contributed by atoms with van der Waals surface area (Å²) in [5, 5.41) is 0. The van der Waals surface area contributed by atoms with Gasteiger partial charge in [0.1, 0.15) is 17.6 Å². The van der Waals surface area contributed by atoms with Crippen molar-refractivity contribution < 1.29 is 26.9 Å². The quantitative estimate of drug-likeness (QED) is 0.500. The Hall–Kier alpha value is -1.47. The molecule has 0 aromatic rings. The van der Waals surface area contributed by atoms with E-state index in [1.54, 1.807) is 0 Å². The van der Waals surface area contributed by atoms with Crippen molar-refractivity contribution in [1.82, 2.24) is 0 Å². The smallest absolute Gasteiger partial charge is 0.269 e. The van der Waals surface area contributed by atoms with E-state index in [1.807, 2.05) is 32.9 Å². The van der Waals surface area contributed by atoms with Crippen LogP contribution in [-0.4, -0.2) is 39.0 Å². The SMILES string of the molecule is COC1=CC(=O)[C@]2(C)CC=CC[C@H]2[C@@H]1OS(=O)(=O)C[C@@]12CC[C@@H](CC1=O)C2(C)C. The second kappa shape index (κ2) is 6.51. The summed E-state index contributed by atoms with van der Waals surface area (Å²) in [7, 11) is -2.60. The van der Waals surface area contributed by atoms with Crippen molar-refractivity contribution in [3.05, 3.63) is 24.0 Å². The summed E-state index contributed by atoms with van der Waals surface area (Å²) in [5.74, 6) is -0.170. The van der Waals surface area contributed by atoms with Gasteiger partial charge in [0.05, 0.1) is 18.3 Å². The number of hydrogen-bond acceptors (Lipinski definition) is 6. The molecule has 7 heteroatoms. The highest BCUT2D eigenvalue weighted by atomic mass is 32.2. The normalized spacial score (nSPS) is 40.7. The Morgan fingerprint density at radius 2 is 1.90 bits per heavy atom. The van der Waals surface area contributed by atoms with E-state index >= 15 is 0 Å². The van der Waals surface area contributed by atoms with Crippen LogP contribution < -0.4 is 0 Å². The van der Waals surface area contributed by atoms with Gasteiger partial charge < -0.3 is 4.74 Å². The largest absolute Gasteiger partial charge is 0.498 e. The topological polar surface area (TPSA) is 86.7 Å². The number of ketones is 2. The van der Waals surface area contributed by atoms with Crippen LogP contribution in [0.15, 0.2) is 24.0 Å². The van der Waals surface area contributed by atoms with Crippen LogP contribution in [0, 0.1) is 28.1 Å². The molecule has 0 spiro atoms. The molecule has 0 unspecified atom stereocenters. The second-order valence-corrected chi connectivity index (χ2v) is 11.5. The summed E-state index contributed by atoms with van der Waals surface area (Å²) in [5.41, 5.74) is -1.95. The van der Waals surface area contributed by atoms with Gasteiger partial charge in [-0.05, 0) is 37.0 Å². The number of carbonyl (C=O) groups is 2. The highest BCUT2D eigenvalue weighted by Gasteiger charge is 2.65. The van der Waals surface area contributed by atoms with Crippen LogP contribution in [0.3, 0.4) is 0 Å². The zero-order chi connectivity index (χ0) is 21.2. The van der Waals surface area contributed by atoms with Gasteiger partial charge in [0.15, 0.2) is 5.78 Å². The standard InChI is InChI=1S/C22H30O6S/c1-20(2)14-8-10-22(20,18(24)11-14)13-29(25,26)28-19-15-7-5-6-9-21(15,3)17(23)12-16(19)27-4/h5-6,12,14-15,19H,7-11,13H2,1-4H3/t14-,15-,19-,21+,22-/m0/s1. The Balaban J connectivity index is 1.65. The number of fused-ring (bicyclic) bond motifs is 3. The van der Waals surface area contributed by atoms with Crippen molar-refractivity contribution in [2.75, 3.05) is 12.9 Å². The third kappa shape index (κ3) is 2.87. The van der Waals surface area contributed by atoms with E-state index in [4.69, 9.17) is 8.92 Å². The lowest BCUT2D eigenvalue weighted by atomic mass is 9.62. The lowest BCUT2D eigenvalue weighted by Gasteiger charge is -2.44. The van der Waals surface area contributed by atoms with Crippen molar-refractivity contribution in [1.29, 1.82) is 0 Å². The van der Waals surface area contributed by atoms with Crippen LogP contribution in [0.1, 0.15) is 52.9 Å². The van der Waals surface area contributed by atoms with Crippen LogP contribution >= 0.6 is 0 Å². The van der Waals surface area contributed by atoms with Gasteiger partial charge in [0, 0.05) is 23.8 Å². The van der Waals surface area contributed by atoms with E-state index < -0.39 is 27.1 Å². The first-order chi connectivity index (χ1) is 13.5. The second-order valence-electron chi connectivity index (χ2n) is 9.94. The Kier molecular flexibility index (Phi) is 4.67. The van der Waals surface area contributed by atoms with E-state index in [1.165, 1.54) is 13.2 Å². The Bertz CT molecular complexity index is 914. The minimum Gasteiger partial charge on any atom is -0.498 e. The molecule has 0 saturated heterocycles. The van der Waals surface area contributed by atoms with Gasteiger partial charge in [-0.25, -0.2) is 0 Å². The zero-order valence-corrected chi connectivity index (χ0v) is 18.4. The van der Waals surface area contributed by atoms with Gasteiger partial charge in [-0.15, -0.1) is 0 Å². The van der Waals surface area contributed by atoms with E-state index in [0.717, 1.165) is 6.42 Å². The van der Waals surface area contributed by atoms with Crippen molar-refractivity contribution in [2.24, 2.45) is 28.1 Å². The van der Waals surface area contributed by atoms with Gasteiger partial charge in [0.25, 0.3) is 10.1 Å². The summed E-state index contributed by atoms with van der Waals surface area (Å²) in [6.45, 7) is 5.88. The summed E-state index contributed by atoms with van der Waals surface area (Å²) in [6.07, 6.45) is 7.45. The van der Waals surface area contributed by atoms with Gasteiger partial charge in [0.2, 0.25) is 0 Å². The fraction of sp³-hybridized carbons (Fsp3) is 0.727. The number of rotatable bonds is 5. The van der Waals surface area contributed by atoms with Crippen LogP contribution in [-0.2, 0) is 28.6 Å². The average Bonchev–Trinajstić information content (AvgIpc) is 2.98. The number of carbonyl (C=O) groups excluding carboxylic acids is 2. The van der Waals surface area contributed by atoms with Crippen molar-refractivity contribution in [2.45, 2.75) is 59.0 Å². The highest BCUT2D eigenvalue weighted by molar-refractivity contribution is 7.86. The van der Waals surface area contributed by atoms with E-state index in [9.17, 15) is 18.0 Å². The van der Waals surface area contributed by atoms with Crippen molar-refractivity contribution in [3.63, 3.8) is 0 Å². The molecule has 160 valence electrons. The molecule has 4 aliphatic rings. The van der Waals surface area contributed by atoms with E-state index in [-0.39, 0.29) is 40.3 Å². The molecule has 2 saturated carbocycles. The maximum atomic E-state index is 13.2. The molecule has 0 radical (unpaired) electrons. The Morgan fingerprint density at radius 3 is 2.48 bits per heavy atom. The number of ether oxygens (including phenoxy) is 1. The summed E-state index contributed by atoms with van der Waals surface area (Å²) < 4.78 is 37.6. The molecule has 6 nitrogen and oxygen atoms in total. The summed E-state index contributed by atoms with van der Waals surface area (Å²) in [4.78, 5) is 25.5. The lowest BCUT2D eigenvalue weighted by molar-refractivity contribution is -0.131. The molecule has 0 amide bonds. The number of allylic oxidation sites excluding steroid dienone is 3. The predicted molar refractivity (Wildman–Crippen MR) is 107 cm³/mol. The van der Waals surface area contributed by atoms with Gasteiger partial charge in [-0.1, -0.05) is 32.9 Å².